The quantitative estimate of drug-likeness (QED) is 0.903. The van der Waals surface area contributed by atoms with E-state index in [1.54, 1.807) is 0 Å². The van der Waals surface area contributed by atoms with Gasteiger partial charge in [-0.15, -0.1) is 0 Å². The Labute approximate surface area is 91.8 Å². The standard InChI is InChI=1S/C10H14BrNO2/c1-2-10(13)6-12(7-10)5-8-3-4-9(11)14-8/h3-4,13H,2,5-7H2,1H3. The first-order valence-corrected chi connectivity index (χ1v) is 5.59. The molecule has 0 atom stereocenters. The van der Waals surface area contributed by atoms with Gasteiger partial charge in [-0.1, -0.05) is 6.92 Å². The molecule has 3 nitrogen and oxygen atoms in total. The number of nitrogens with zero attached hydrogens (tertiary/aromatic N) is 1. The highest BCUT2D eigenvalue weighted by Crippen LogP contribution is 2.26. The Morgan fingerprint density at radius 3 is 2.79 bits per heavy atom. The topological polar surface area (TPSA) is 36.6 Å². The van der Waals surface area contributed by atoms with E-state index in [9.17, 15) is 5.11 Å². The number of hydrogen-bond donors (Lipinski definition) is 1. The molecule has 0 radical (unpaired) electrons. The summed E-state index contributed by atoms with van der Waals surface area (Å²) in [6.07, 6.45) is 0.825. The lowest BCUT2D eigenvalue weighted by atomic mass is 9.91. The molecular weight excluding hydrogens is 246 g/mol. The lowest BCUT2D eigenvalue weighted by molar-refractivity contribution is -0.105. The summed E-state index contributed by atoms with van der Waals surface area (Å²) in [6, 6.07) is 3.84. The van der Waals surface area contributed by atoms with E-state index < -0.39 is 5.60 Å². The molecule has 1 aromatic rings. The van der Waals surface area contributed by atoms with Crippen molar-refractivity contribution in [3.8, 4) is 0 Å². The average Bonchev–Trinajstić information content (AvgIpc) is 2.48. The van der Waals surface area contributed by atoms with Gasteiger partial charge in [-0.05, 0) is 34.5 Å². The number of rotatable bonds is 3. The summed E-state index contributed by atoms with van der Waals surface area (Å²) in [5.41, 5.74) is -0.455. The first-order valence-electron chi connectivity index (χ1n) is 4.80. The normalized spacial score (nSPS) is 20.8. The highest BCUT2D eigenvalue weighted by molar-refractivity contribution is 9.10. The Kier molecular flexibility index (Phi) is 2.68. The van der Waals surface area contributed by atoms with Gasteiger partial charge in [-0.3, -0.25) is 4.90 Å². The van der Waals surface area contributed by atoms with Crippen LogP contribution in [0.25, 0.3) is 0 Å². The van der Waals surface area contributed by atoms with E-state index in [4.69, 9.17) is 4.42 Å². The first kappa shape index (κ1) is 10.2. The zero-order valence-electron chi connectivity index (χ0n) is 8.16. The Hall–Kier alpha value is -0.320. The lowest BCUT2D eigenvalue weighted by Gasteiger charge is -2.45. The van der Waals surface area contributed by atoms with E-state index in [0.29, 0.717) is 0 Å². The van der Waals surface area contributed by atoms with Crippen LogP contribution in [-0.2, 0) is 6.54 Å². The zero-order chi connectivity index (χ0) is 10.2. The van der Waals surface area contributed by atoms with Crippen LogP contribution in [0.15, 0.2) is 21.2 Å². The molecule has 0 unspecified atom stereocenters. The maximum atomic E-state index is 9.79. The average molecular weight is 260 g/mol. The minimum absolute atomic E-state index is 0.455. The summed E-state index contributed by atoms with van der Waals surface area (Å²) in [5, 5.41) is 9.79. The molecule has 1 aliphatic heterocycles. The SMILES string of the molecule is CCC1(O)CN(Cc2ccc(Br)o2)C1. The van der Waals surface area contributed by atoms with Crippen LogP contribution in [0.3, 0.4) is 0 Å². The predicted molar refractivity (Wildman–Crippen MR) is 56.9 cm³/mol. The van der Waals surface area contributed by atoms with E-state index >= 15 is 0 Å². The number of likely N-dealkylation sites (tertiary alicyclic amines) is 1. The minimum Gasteiger partial charge on any atom is -0.453 e. The molecule has 0 aromatic carbocycles. The molecule has 14 heavy (non-hydrogen) atoms. The van der Waals surface area contributed by atoms with Crippen molar-refractivity contribution >= 4 is 15.9 Å². The van der Waals surface area contributed by atoms with E-state index in [0.717, 1.165) is 36.5 Å². The van der Waals surface area contributed by atoms with E-state index in [1.165, 1.54) is 0 Å². The van der Waals surface area contributed by atoms with Crippen molar-refractivity contribution in [2.45, 2.75) is 25.5 Å². The largest absolute Gasteiger partial charge is 0.453 e. The zero-order valence-corrected chi connectivity index (χ0v) is 9.75. The van der Waals surface area contributed by atoms with Crippen LogP contribution >= 0.6 is 15.9 Å². The van der Waals surface area contributed by atoms with Gasteiger partial charge in [0.15, 0.2) is 4.67 Å². The Morgan fingerprint density at radius 2 is 2.29 bits per heavy atom. The molecule has 1 aromatic heterocycles. The van der Waals surface area contributed by atoms with Crippen LogP contribution in [0.4, 0.5) is 0 Å². The minimum atomic E-state index is -0.455. The molecule has 0 saturated carbocycles. The fraction of sp³-hybridized carbons (Fsp3) is 0.600. The smallest absolute Gasteiger partial charge is 0.169 e. The lowest BCUT2D eigenvalue weighted by Crippen LogP contribution is -2.60. The molecule has 0 amide bonds. The van der Waals surface area contributed by atoms with Crippen LogP contribution in [-0.4, -0.2) is 28.7 Å². The molecule has 4 heteroatoms. The molecule has 1 aliphatic rings. The van der Waals surface area contributed by atoms with Gasteiger partial charge in [0, 0.05) is 13.1 Å². The maximum Gasteiger partial charge on any atom is 0.169 e. The van der Waals surface area contributed by atoms with Crippen LogP contribution in [0, 0.1) is 0 Å². The van der Waals surface area contributed by atoms with Crippen molar-refractivity contribution in [2.75, 3.05) is 13.1 Å². The van der Waals surface area contributed by atoms with Gasteiger partial charge in [0.2, 0.25) is 0 Å². The van der Waals surface area contributed by atoms with Crippen molar-refractivity contribution in [1.82, 2.24) is 4.90 Å². The molecule has 1 saturated heterocycles. The molecule has 0 bridgehead atoms. The first-order chi connectivity index (χ1) is 6.61. The van der Waals surface area contributed by atoms with E-state index in [2.05, 4.69) is 20.8 Å². The second kappa shape index (κ2) is 3.68. The predicted octanol–water partition coefficient (Wildman–Crippen LogP) is 2.00. The number of halogens is 1. The second-order valence-electron chi connectivity index (χ2n) is 3.93. The Bertz CT molecular complexity index is 318. The van der Waals surface area contributed by atoms with Gasteiger partial charge in [0.05, 0.1) is 12.1 Å². The fourth-order valence-electron chi connectivity index (χ4n) is 1.78. The van der Waals surface area contributed by atoms with Crippen molar-refractivity contribution in [3.05, 3.63) is 22.6 Å². The van der Waals surface area contributed by atoms with Crippen LogP contribution in [0.2, 0.25) is 0 Å². The van der Waals surface area contributed by atoms with Crippen molar-refractivity contribution in [3.63, 3.8) is 0 Å². The highest BCUT2D eigenvalue weighted by atomic mass is 79.9. The summed E-state index contributed by atoms with van der Waals surface area (Å²) in [5.74, 6) is 0.940. The van der Waals surface area contributed by atoms with Gasteiger partial charge < -0.3 is 9.52 Å². The van der Waals surface area contributed by atoms with E-state index in [-0.39, 0.29) is 0 Å². The molecule has 0 spiro atoms. The molecule has 1 N–H and O–H groups in total. The third kappa shape index (κ3) is 2.02. The van der Waals surface area contributed by atoms with Gasteiger partial charge in [-0.25, -0.2) is 0 Å². The third-order valence-electron chi connectivity index (χ3n) is 2.70. The molecule has 2 rings (SSSR count). The number of hydrogen-bond acceptors (Lipinski definition) is 3. The molecular formula is C10H14BrNO2. The molecule has 78 valence electrons. The van der Waals surface area contributed by atoms with Crippen molar-refractivity contribution < 1.29 is 9.52 Å². The molecule has 0 aliphatic carbocycles. The van der Waals surface area contributed by atoms with Gasteiger partial charge in [-0.2, -0.15) is 0 Å². The van der Waals surface area contributed by atoms with E-state index in [1.807, 2.05) is 19.1 Å². The van der Waals surface area contributed by atoms with Gasteiger partial charge >= 0.3 is 0 Å². The van der Waals surface area contributed by atoms with Crippen LogP contribution in [0.1, 0.15) is 19.1 Å². The molecule has 2 heterocycles. The number of aliphatic hydroxyl groups is 1. The second-order valence-corrected chi connectivity index (χ2v) is 4.71. The fourth-order valence-corrected chi connectivity index (χ4v) is 2.12. The summed E-state index contributed by atoms with van der Waals surface area (Å²) in [6.45, 7) is 4.30. The highest BCUT2D eigenvalue weighted by Gasteiger charge is 2.39. The van der Waals surface area contributed by atoms with Crippen LogP contribution < -0.4 is 0 Å². The summed E-state index contributed by atoms with van der Waals surface area (Å²) in [4.78, 5) is 2.18. The number of β-amino-alcohol motifs (C(OH)–C–C–N with tert-alkyl or cyclic N) is 1. The Morgan fingerprint density at radius 1 is 1.57 bits per heavy atom. The molecule has 1 fully saturated rings. The summed E-state index contributed by atoms with van der Waals surface area (Å²) in [7, 11) is 0. The van der Waals surface area contributed by atoms with Crippen molar-refractivity contribution in [2.24, 2.45) is 0 Å². The van der Waals surface area contributed by atoms with Gasteiger partial charge in [0.25, 0.3) is 0 Å². The third-order valence-corrected chi connectivity index (χ3v) is 3.13. The Balaban J connectivity index is 1.85. The van der Waals surface area contributed by atoms with Crippen LogP contribution in [0.5, 0.6) is 0 Å². The summed E-state index contributed by atoms with van der Waals surface area (Å²) < 4.78 is 6.15. The monoisotopic (exact) mass is 259 g/mol. The van der Waals surface area contributed by atoms with Crippen molar-refractivity contribution in [1.29, 1.82) is 0 Å². The number of furan rings is 1. The maximum absolute atomic E-state index is 9.79. The summed E-state index contributed by atoms with van der Waals surface area (Å²) >= 11 is 3.26. The van der Waals surface area contributed by atoms with Gasteiger partial charge in [0.1, 0.15) is 5.76 Å².